The van der Waals surface area contributed by atoms with Gasteiger partial charge in [-0.15, -0.1) is 0 Å². The molecular formula is C14H19N3O2. The van der Waals surface area contributed by atoms with Gasteiger partial charge in [0.2, 0.25) is 11.8 Å². The van der Waals surface area contributed by atoms with Gasteiger partial charge < -0.3 is 15.1 Å². The Bertz CT molecular complexity index is 511. The number of amides is 2. The van der Waals surface area contributed by atoms with E-state index >= 15 is 0 Å². The van der Waals surface area contributed by atoms with Crippen LogP contribution in [0.2, 0.25) is 0 Å². The van der Waals surface area contributed by atoms with Crippen molar-refractivity contribution in [2.75, 3.05) is 37.9 Å². The molecule has 5 heteroatoms. The fourth-order valence-electron chi connectivity index (χ4n) is 2.10. The summed E-state index contributed by atoms with van der Waals surface area (Å²) in [5.74, 6) is 0.181. The molecule has 0 saturated carbocycles. The van der Waals surface area contributed by atoms with Gasteiger partial charge in [0.15, 0.2) is 0 Å². The quantitative estimate of drug-likeness (QED) is 0.886. The Labute approximate surface area is 113 Å². The fraction of sp³-hybridized carbons (Fsp3) is 0.429. The molecule has 1 aromatic rings. The molecule has 19 heavy (non-hydrogen) atoms. The minimum absolute atomic E-state index is 0.0324. The topological polar surface area (TPSA) is 52.7 Å². The second-order valence-electron chi connectivity index (χ2n) is 4.94. The van der Waals surface area contributed by atoms with Crippen LogP contribution in [0.25, 0.3) is 0 Å². The third-order valence-electron chi connectivity index (χ3n) is 3.37. The van der Waals surface area contributed by atoms with E-state index in [-0.39, 0.29) is 18.4 Å². The molecule has 0 saturated heterocycles. The van der Waals surface area contributed by atoms with Gasteiger partial charge in [0.1, 0.15) is 0 Å². The highest BCUT2D eigenvalue weighted by Gasteiger charge is 2.20. The van der Waals surface area contributed by atoms with Crippen LogP contribution < -0.4 is 10.2 Å². The van der Waals surface area contributed by atoms with Crippen molar-refractivity contribution in [2.45, 2.75) is 12.8 Å². The predicted octanol–water partition coefficient (Wildman–Crippen LogP) is 1.10. The van der Waals surface area contributed by atoms with Crippen molar-refractivity contribution in [2.24, 2.45) is 0 Å². The van der Waals surface area contributed by atoms with Crippen molar-refractivity contribution in [3.05, 3.63) is 23.8 Å². The number of likely N-dealkylation sites (N-methyl/N-ethyl adjacent to an activating group) is 1. The van der Waals surface area contributed by atoms with E-state index in [1.807, 2.05) is 18.2 Å². The van der Waals surface area contributed by atoms with Crippen molar-refractivity contribution in [1.29, 1.82) is 0 Å². The summed E-state index contributed by atoms with van der Waals surface area (Å²) in [6.07, 6.45) is 1.30. The molecule has 1 heterocycles. The minimum atomic E-state index is 0.0324. The largest absolute Gasteiger partial charge is 0.376 e. The Kier molecular flexibility index (Phi) is 3.74. The van der Waals surface area contributed by atoms with Gasteiger partial charge in [-0.2, -0.15) is 0 Å². The number of hydrogen-bond donors (Lipinski definition) is 1. The smallest absolute Gasteiger partial charge is 0.241 e. The third-order valence-corrected chi connectivity index (χ3v) is 3.37. The first-order valence-corrected chi connectivity index (χ1v) is 6.32. The summed E-state index contributed by atoms with van der Waals surface area (Å²) < 4.78 is 0. The zero-order valence-corrected chi connectivity index (χ0v) is 11.6. The Hall–Kier alpha value is -2.04. The predicted molar refractivity (Wildman–Crippen MR) is 75.4 cm³/mol. The molecule has 1 aromatic carbocycles. The highest BCUT2D eigenvalue weighted by molar-refractivity contribution is 5.96. The molecule has 0 aromatic heterocycles. The van der Waals surface area contributed by atoms with Gasteiger partial charge in [-0.1, -0.05) is 0 Å². The number of carbonyl (C=O) groups excluding carboxylic acids is 2. The molecule has 0 aliphatic carbocycles. The maximum Gasteiger partial charge on any atom is 0.241 e. The van der Waals surface area contributed by atoms with Crippen molar-refractivity contribution < 1.29 is 9.59 Å². The first kappa shape index (κ1) is 13.4. The average molecular weight is 261 g/mol. The van der Waals surface area contributed by atoms with E-state index in [2.05, 4.69) is 5.32 Å². The SMILES string of the molecule is CN(C)C(=O)CNc1ccc2c(c1)CCC(=O)N2C. The molecule has 1 N–H and O–H groups in total. The average Bonchev–Trinajstić information content (AvgIpc) is 2.40. The maximum atomic E-state index is 11.6. The molecule has 0 atom stereocenters. The van der Waals surface area contributed by atoms with Crippen molar-refractivity contribution in [3.8, 4) is 0 Å². The van der Waals surface area contributed by atoms with Crippen molar-refractivity contribution in [3.63, 3.8) is 0 Å². The lowest BCUT2D eigenvalue weighted by Gasteiger charge is -2.26. The second-order valence-corrected chi connectivity index (χ2v) is 4.94. The Morgan fingerprint density at radius 3 is 2.79 bits per heavy atom. The lowest BCUT2D eigenvalue weighted by molar-refractivity contribution is -0.126. The van der Waals surface area contributed by atoms with Gasteiger partial charge in [0.25, 0.3) is 0 Å². The van der Waals surface area contributed by atoms with Crippen LogP contribution in [0.15, 0.2) is 18.2 Å². The van der Waals surface area contributed by atoms with Crippen LogP contribution in [0.4, 0.5) is 11.4 Å². The lowest BCUT2D eigenvalue weighted by Crippen LogP contribution is -2.31. The molecular weight excluding hydrogens is 242 g/mol. The number of fused-ring (bicyclic) bond motifs is 1. The highest BCUT2D eigenvalue weighted by atomic mass is 16.2. The number of benzene rings is 1. The lowest BCUT2D eigenvalue weighted by atomic mass is 10.0. The number of aryl methyl sites for hydroxylation is 1. The molecule has 0 radical (unpaired) electrons. The molecule has 2 amide bonds. The summed E-state index contributed by atoms with van der Waals surface area (Å²) in [6.45, 7) is 0.278. The van der Waals surface area contributed by atoms with E-state index in [4.69, 9.17) is 0 Å². The monoisotopic (exact) mass is 261 g/mol. The summed E-state index contributed by atoms with van der Waals surface area (Å²) in [6, 6.07) is 5.84. The fourth-order valence-corrected chi connectivity index (χ4v) is 2.10. The van der Waals surface area contributed by atoms with Gasteiger partial charge in [-0.05, 0) is 30.2 Å². The highest BCUT2D eigenvalue weighted by Crippen LogP contribution is 2.29. The van der Waals surface area contributed by atoms with E-state index in [1.165, 1.54) is 0 Å². The molecule has 102 valence electrons. The summed E-state index contributed by atoms with van der Waals surface area (Å²) in [4.78, 5) is 26.3. The summed E-state index contributed by atoms with van der Waals surface area (Å²) in [5, 5.41) is 3.11. The molecule has 5 nitrogen and oxygen atoms in total. The van der Waals surface area contributed by atoms with E-state index in [0.29, 0.717) is 6.42 Å². The van der Waals surface area contributed by atoms with E-state index in [1.54, 1.807) is 30.9 Å². The van der Waals surface area contributed by atoms with Crippen LogP contribution in [-0.4, -0.2) is 44.4 Å². The van der Waals surface area contributed by atoms with Gasteiger partial charge in [0, 0.05) is 38.9 Å². The molecule has 0 unspecified atom stereocenters. The van der Waals surface area contributed by atoms with E-state index in [0.717, 1.165) is 23.4 Å². The van der Waals surface area contributed by atoms with Crippen molar-refractivity contribution in [1.82, 2.24) is 4.90 Å². The summed E-state index contributed by atoms with van der Waals surface area (Å²) >= 11 is 0. The first-order valence-electron chi connectivity index (χ1n) is 6.32. The number of nitrogens with one attached hydrogen (secondary N) is 1. The molecule has 1 aliphatic heterocycles. The summed E-state index contributed by atoms with van der Waals surface area (Å²) in [5.41, 5.74) is 3.02. The van der Waals surface area contributed by atoms with E-state index in [9.17, 15) is 9.59 Å². The van der Waals surface area contributed by atoms with Crippen molar-refractivity contribution >= 4 is 23.2 Å². The second kappa shape index (κ2) is 5.30. The molecule has 0 fully saturated rings. The van der Waals surface area contributed by atoms with Crippen LogP contribution in [0.1, 0.15) is 12.0 Å². The number of anilines is 2. The van der Waals surface area contributed by atoms with Gasteiger partial charge >= 0.3 is 0 Å². The van der Waals surface area contributed by atoms with Crippen LogP contribution in [0, 0.1) is 0 Å². The number of hydrogen-bond acceptors (Lipinski definition) is 3. The van der Waals surface area contributed by atoms with Gasteiger partial charge in [-0.3, -0.25) is 9.59 Å². The van der Waals surface area contributed by atoms with Crippen LogP contribution >= 0.6 is 0 Å². The number of rotatable bonds is 3. The third kappa shape index (κ3) is 2.86. The standard InChI is InChI=1S/C14H19N3O2/c1-16(2)14(19)9-15-11-5-6-12-10(8-11)4-7-13(18)17(12)3/h5-6,8,15H,4,7,9H2,1-3H3. The van der Waals surface area contributed by atoms with Gasteiger partial charge in [-0.25, -0.2) is 0 Å². The van der Waals surface area contributed by atoms with Crippen LogP contribution in [-0.2, 0) is 16.0 Å². The van der Waals surface area contributed by atoms with E-state index < -0.39 is 0 Å². The Balaban J connectivity index is 2.09. The molecule has 0 bridgehead atoms. The van der Waals surface area contributed by atoms with Crippen LogP contribution in [0.5, 0.6) is 0 Å². The van der Waals surface area contributed by atoms with Gasteiger partial charge in [0.05, 0.1) is 6.54 Å². The minimum Gasteiger partial charge on any atom is -0.376 e. The summed E-state index contributed by atoms with van der Waals surface area (Å²) in [7, 11) is 5.26. The maximum absolute atomic E-state index is 11.6. The van der Waals surface area contributed by atoms with Crippen LogP contribution in [0.3, 0.4) is 0 Å². The Morgan fingerprint density at radius 2 is 2.11 bits per heavy atom. The molecule has 1 aliphatic rings. The first-order chi connectivity index (χ1) is 8.99. The zero-order valence-electron chi connectivity index (χ0n) is 11.6. The zero-order chi connectivity index (χ0) is 14.0. The molecule has 2 rings (SSSR count). The molecule has 0 spiro atoms. The number of carbonyl (C=O) groups is 2. The number of nitrogens with zero attached hydrogens (tertiary/aromatic N) is 2. The normalized spacial score (nSPS) is 14.1. The Morgan fingerprint density at radius 1 is 1.37 bits per heavy atom.